The molecule has 0 saturated heterocycles. The van der Waals surface area contributed by atoms with Crippen molar-refractivity contribution in [3.05, 3.63) is 71.3 Å². The van der Waals surface area contributed by atoms with Gasteiger partial charge in [0.15, 0.2) is 0 Å². The first-order valence-corrected chi connectivity index (χ1v) is 7.62. The molecule has 0 radical (unpaired) electrons. The molecule has 2 aromatic carbocycles. The van der Waals surface area contributed by atoms with Crippen molar-refractivity contribution in [1.82, 2.24) is 4.90 Å². The zero-order valence-electron chi connectivity index (χ0n) is 12.5. The highest BCUT2D eigenvalue weighted by Crippen LogP contribution is 2.12. The molecule has 0 spiro atoms. The van der Waals surface area contributed by atoms with Crippen LogP contribution in [0, 0.1) is 11.8 Å². The second-order valence-corrected chi connectivity index (χ2v) is 5.03. The molecule has 0 atom stereocenters. The minimum Gasteiger partial charge on any atom is -0.363 e. The summed E-state index contributed by atoms with van der Waals surface area (Å²) in [5, 5.41) is 0. The van der Waals surface area contributed by atoms with Crippen molar-refractivity contribution >= 4 is 17.2 Å². The van der Waals surface area contributed by atoms with Crippen LogP contribution in [0.15, 0.2) is 54.6 Å². The molecule has 2 heteroatoms. The van der Waals surface area contributed by atoms with Crippen LogP contribution in [0.2, 0.25) is 0 Å². The van der Waals surface area contributed by atoms with E-state index in [1.165, 1.54) is 0 Å². The number of benzene rings is 2. The molecule has 0 fully saturated rings. The molecule has 0 aromatic heterocycles. The molecule has 2 rings (SSSR count). The molecule has 0 bridgehead atoms. The molecular weight excluding hydrogens is 274 g/mol. The fourth-order valence-electron chi connectivity index (χ4n) is 2.12. The Morgan fingerprint density at radius 3 is 2.19 bits per heavy atom. The quantitative estimate of drug-likeness (QED) is 0.619. The Morgan fingerprint density at radius 2 is 1.52 bits per heavy atom. The molecule has 106 valence electrons. The lowest BCUT2D eigenvalue weighted by molar-refractivity contribution is 0.474. The summed E-state index contributed by atoms with van der Waals surface area (Å²) in [7, 11) is 0. The third-order valence-electron chi connectivity index (χ3n) is 3.32. The lowest BCUT2D eigenvalue weighted by atomic mass is 10.1. The predicted octanol–water partition coefficient (Wildman–Crippen LogP) is 4.10. The van der Waals surface area contributed by atoms with Gasteiger partial charge in [-0.1, -0.05) is 60.5 Å². The van der Waals surface area contributed by atoms with E-state index in [1.807, 2.05) is 48.5 Å². The van der Waals surface area contributed by atoms with Gasteiger partial charge in [0.05, 0.1) is 0 Å². The number of thiocarbonyl (C=S) groups is 1. The third-order valence-corrected chi connectivity index (χ3v) is 3.80. The lowest BCUT2D eigenvalue weighted by Gasteiger charge is -2.22. The van der Waals surface area contributed by atoms with Crippen LogP contribution < -0.4 is 0 Å². The van der Waals surface area contributed by atoms with Gasteiger partial charge in [0.1, 0.15) is 4.99 Å². The Labute approximate surface area is 132 Å². The Morgan fingerprint density at radius 1 is 0.905 bits per heavy atom. The topological polar surface area (TPSA) is 3.24 Å². The molecule has 0 aliphatic rings. The molecule has 0 saturated carbocycles. The Bertz CT molecular complexity index is 661. The molecule has 0 N–H and O–H groups in total. The van der Waals surface area contributed by atoms with Crippen LogP contribution in [0.4, 0.5) is 0 Å². The van der Waals surface area contributed by atoms with E-state index in [1.54, 1.807) is 0 Å². The van der Waals surface area contributed by atoms with Crippen LogP contribution in [-0.4, -0.2) is 23.0 Å². The maximum Gasteiger partial charge on any atom is 0.110 e. The van der Waals surface area contributed by atoms with Crippen molar-refractivity contribution in [3.63, 3.8) is 0 Å². The van der Waals surface area contributed by atoms with Crippen LogP contribution in [0.5, 0.6) is 0 Å². The van der Waals surface area contributed by atoms with Crippen molar-refractivity contribution < 1.29 is 0 Å². The highest BCUT2D eigenvalue weighted by molar-refractivity contribution is 7.80. The van der Waals surface area contributed by atoms with Crippen LogP contribution in [-0.2, 0) is 0 Å². The van der Waals surface area contributed by atoms with Crippen LogP contribution >= 0.6 is 12.2 Å². The standard InChI is InChI=1S/C19H19NS/c1-3-20(4-2)19(21)18-13-9-8-12-17(18)15-14-16-10-6-5-7-11-16/h5-13H,3-4H2,1-2H3. The highest BCUT2D eigenvalue weighted by Gasteiger charge is 2.10. The van der Waals surface area contributed by atoms with Crippen LogP contribution in [0.1, 0.15) is 30.5 Å². The van der Waals surface area contributed by atoms with E-state index >= 15 is 0 Å². The second kappa shape index (κ2) is 7.61. The van der Waals surface area contributed by atoms with E-state index in [-0.39, 0.29) is 0 Å². The normalized spacial score (nSPS) is 9.62. The third kappa shape index (κ3) is 3.93. The first-order chi connectivity index (χ1) is 10.3. The van der Waals surface area contributed by atoms with Gasteiger partial charge in [-0.3, -0.25) is 0 Å². The zero-order valence-corrected chi connectivity index (χ0v) is 13.3. The maximum absolute atomic E-state index is 5.62. The van der Waals surface area contributed by atoms with Crippen molar-refractivity contribution in [2.75, 3.05) is 13.1 Å². The number of hydrogen-bond acceptors (Lipinski definition) is 1. The maximum atomic E-state index is 5.62. The van der Waals surface area contributed by atoms with Gasteiger partial charge in [0, 0.05) is 29.8 Å². The van der Waals surface area contributed by atoms with E-state index in [0.717, 1.165) is 34.8 Å². The Kier molecular flexibility index (Phi) is 5.54. The van der Waals surface area contributed by atoms with Gasteiger partial charge in [0.2, 0.25) is 0 Å². The van der Waals surface area contributed by atoms with E-state index in [4.69, 9.17) is 12.2 Å². The van der Waals surface area contributed by atoms with Crippen molar-refractivity contribution in [2.24, 2.45) is 0 Å². The smallest absolute Gasteiger partial charge is 0.110 e. The summed E-state index contributed by atoms with van der Waals surface area (Å²) in [6.07, 6.45) is 0. The summed E-state index contributed by atoms with van der Waals surface area (Å²) in [6.45, 7) is 6.06. The van der Waals surface area contributed by atoms with E-state index < -0.39 is 0 Å². The summed E-state index contributed by atoms with van der Waals surface area (Å²) in [5.41, 5.74) is 3.04. The summed E-state index contributed by atoms with van der Waals surface area (Å²) in [6, 6.07) is 18.1. The van der Waals surface area contributed by atoms with Gasteiger partial charge in [-0.05, 0) is 32.0 Å². The molecule has 21 heavy (non-hydrogen) atoms. The SMILES string of the molecule is CCN(CC)C(=S)c1ccccc1C#Cc1ccccc1. The van der Waals surface area contributed by atoms with Crippen molar-refractivity contribution in [2.45, 2.75) is 13.8 Å². The van der Waals surface area contributed by atoms with Gasteiger partial charge < -0.3 is 4.90 Å². The molecule has 0 amide bonds. The predicted molar refractivity (Wildman–Crippen MR) is 93.5 cm³/mol. The molecule has 0 aliphatic heterocycles. The fraction of sp³-hybridized carbons (Fsp3) is 0.211. The molecule has 0 unspecified atom stereocenters. The minimum absolute atomic E-state index is 0.873. The minimum atomic E-state index is 0.873. The number of nitrogens with zero attached hydrogens (tertiary/aromatic N) is 1. The molecule has 1 nitrogen and oxygen atoms in total. The second-order valence-electron chi connectivity index (χ2n) is 4.64. The van der Waals surface area contributed by atoms with E-state index in [2.05, 4.69) is 36.7 Å². The highest BCUT2D eigenvalue weighted by atomic mass is 32.1. The Balaban J connectivity index is 2.34. The van der Waals surface area contributed by atoms with Crippen molar-refractivity contribution in [1.29, 1.82) is 0 Å². The van der Waals surface area contributed by atoms with Gasteiger partial charge in [-0.15, -0.1) is 0 Å². The average molecular weight is 293 g/mol. The van der Waals surface area contributed by atoms with Crippen LogP contribution in [0.25, 0.3) is 0 Å². The summed E-state index contributed by atoms with van der Waals surface area (Å²) >= 11 is 5.62. The largest absolute Gasteiger partial charge is 0.363 e. The van der Waals surface area contributed by atoms with Gasteiger partial charge in [-0.25, -0.2) is 0 Å². The first kappa shape index (κ1) is 15.3. The van der Waals surface area contributed by atoms with Gasteiger partial charge >= 0.3 is 0 Å². The van der Waals surface area contributed by atoms with Gasteiger partial charge in [-0.2, -0.15) is 0 Å². The summed E-state index contributed by atoms with van der Waals surface area (Å²) in [4.78, 5) is 3.05. The van der Waals surface area contributed by atoms with E-state index in [9.17, 15) is 0 Å². The molecule has 0 heterocycles. The summed E-state index contributed by atoms with van der Waals surface area (Å²) < 4.78 is 0. The molecule has 2 aromatic rings. The van der Waals surface area contributed by atoms with E-state index in [0.29, 0.717) is 0 Å². The van der Waals surface area contributed by atoms with Crippen LogP contribution in [0.3, 0.4) is 0 Å². The Hall–Kier alpha value is -2.11. The number of rotatable bonds is 3. The lowest BCUT2D eigenvalue weighted by Crippen LogP contribution is -2.30. The molecular formula is C19H19NS. The zero-order chi connectivity index (χ0) is 15.1. The van der Waals surface area contributed by atoms with Gasteiger partial charge in [0.25, 0.3) is 0 Å². The fourth-order valence-corrected chi connectivity index (χ4v) is 2.56. The average Bonchev–Trinajstić information content (AvgIpc) is 2.55. The summed E-state index contributed by atoms with van der Waals surface area (Å²) in [5.74, 6) is 6.45. The monoisotopic (exact) mass is 293 g/mol. The molecule has 0 aliphatic carbocycles. The van der Waals surface area contributed by atoms with Crippen molar-refractivity contribution in [3.8, 4) is 11.8 Å². The number of hydrogen-bond donors (Lipinski definition) is 0. The first-order valence-electron chi connectivity index (χ1n) is 7.21.